The Morgan fingerprint density at radius 1 is 0.927 bits per heavy atom. The molecule has 0 spiro atoms. The first-order valence-electron chi connectivity index (χ1n) is 13.1. The number of alkyl halides is 3. The van der Waals surface area contributed by atoms with E-state index >= 15 is 0 Å². The van der Waals surface area contributed by atoms with Crippen molar-refractivity contribution in [1.82, 2.24) is 14.9 Å². The second kappa shape index (κ2) is 11.9. The zero-order chi connectivity index (χ0) is 29.0. The molecule has 5 rings (SSSR count). The van der Waals surface area contributed by atoms with Crippen LogP contribution in [0.4, 0.5) is 19.0 Å². The lowest BCUT2D eigenvalue weighted by Crippen LogP contribution is -2.38. The van der Waals surface area contributed by atoms with Crippen molar-refractivity contribution in [3.63, 3.8) is 0 Å². The molecule has 2 aromatic carbocycles. The van der Waals surface area contributed by atoms with E-state index < -0.39 is 29.5 Å². The Kier molecular flexibility index (Phi) is 8.16. The first kappa shape index (κ1) is 28.0. The third kappa shape index (κ3) is 6.46. The molecule has 1 saturated heterocycles. The van der Waals surface area contributed by atoms with Gasteiger partial charge in [0, 0.05) is 44.4 Å². The zero-order valence-corrected chi connectivity index (χ0v) is 21.9. The van der Waals surface area contributed by atoms with Crippen molar-refractivity contribution in [1.29, 1.82) is 0 Å². The van der Waals surface area contributed by atoms with Gasteiger partial charge in [-0.25, -0.2) is 9.97 Å². The summed E-state index contributed by atoms with van der Waals surface area (Å²) in [6.07, 6.45) is -4.34. The average Bonchev–Trinajstić information content (AvgIpc) is 3.31. The van der Waals surface area contributed by atoms with Gasteiger partial charge < -0.3 is 19.3 Å². The van der Waals surface area contributed by atoms with Gasteiger partial charge in [0.15, 0.2) is 11.8 Å². The molecule has 41 heavy (non-hydrogen) atoms. The van der Waals surface area contributed by atoms with E-state index in [0.29, 0.717) is 55.1 Å². The molecule has 2 aromatic heterocycles. The Hall–Kier alpha value is -4.51. The number of ketones is 1. The van der Waals surface area contributed by atoms with Crippen molar-refractivity contribution in [3.05, 3.63) is 102 Å². The molecule has 4 aromatic rings. The number of pyridine rings is 1. The molecule has 0 aliphatic carbocycles. The Bertz CT molecular complexity index is 1490. The number of carbonyl (C=O) groups is 2. The fourth-order valence-corrected chi connectivity index (χ4v) is 4.70. The van der Waals surface area contributed by atoms with Crippen LogP contribution in [-0.4, -0.2) is 57.8 Å². The summed E-state index contributed by atoms with van der Waals surface area (Å²) in [5.74, 6) is -1.72. The van der Waals surface area contributed by atoms with Gasteiger partial charge in [0.2, 0.25) is 17.4 Å². The van der Waals surface area contributed by atoms with E-state index in [2.05, 4.69) is 9.97 Å². The molecule has 0 bridgehead atoms. The summed E-state index contributed by atoms with van der Waals surface area (Å²) in [5, 5.41) is 10.5. The van der Waals surface area contributed by atoms with E-state index in [0.717, 1.165) is 0 Å². The fraction of sp³-hybridized carbons (Fsp3) is 0.267. The van der Waals surface area contributed by atoms with Gasteiger partial charge in [-0.3, -0.25) is 9.59 Å². The third-order valence-corrected chi connectivity index (χ3v) is 6.82. The number of aromatic nitrogens is 2. The van der Waals surface area contributed by atoms with Crippen molar-refractivity contribution < 1.29 is 32.3 Å². The normalized spacial score (nSPS) is 14.9. The van der Waals surface area contributed by atoms with Gasteiger partial charge in [-0.2, -0.15) is 13.2 Å². The molecule has 3 heterocycles. The maximum Gasteiger partial charge on any atom is 0.437 e. The van der Waals surface area contributed by atoms with Gasteiger partial charge in [-0.05, 0) is 35.7 Å². The first-order chi connectivity index (χ1) is 19.7. The Morgan fingerprint density at radius 3 is 2.29 bits per heavy atom. The van der Waals surface area contributed by atoms with Crippen LogP contribution in [-0.2, 0) is 17.4 Å². The predicted molar refractivity (Wildman–Crippen MR) is 144 cm³/mol. The van der Waals surface area contributed by atoms with E-state index in [-0.39, 0.29) is 18.2 Å². The van der Waals surface area contributed by atoms with Crippen molar-refractivity contribution in [3.8, 4) is 11.5 Å². The topological polar surface area (TPSA) is 99.8 Å². The maximum absolute atomic E-state index is 13.6. The number of anilines is 1. The van der Waals surface area contributed by atoms with Crippen LogP contribution >= 0.6 is 0 Å². The van der Waals surface area contributed by atoms with E-state index in [9.17, 15) is 27.9 Å². The van der Waals surface area contributed by atoms with Crippen LogP contribution in [0.2, 0.25) is 0 Å². The van der Waals surface area contributed by atoms with Crippen LogP contribution in [0.5, 0.6) is 0 Å². The number of amides is 1. The van der Waals surface area contributed by atoms with Gasteiger partial charge in [-0.1, -0.05) is 54.6 Å². The number of aliphatic hydroxyl groups excluding tert-OH is 1. The van der Waals surface area contributed by atoms with Crippen LogP contribution in [0.25, 0.3) is 11.5 Å². The highest BCUT2D eigenvalue weighted by atomic mass is 19.4. The third-order valence-electron chi connectivity index (χ3n) is 6.82. The number of nitrogens with zero attached hydrogens (tertiary/aromatic N) is 4. The van der Waals surface area contributed by atoms with E-state index in [1.54, 1.807) is 71.6 Å². The first-order valence-corrected chi connectivity index (χ1v) is 13.1. The molecular weight excluding hydrogens is 537 g/mol. The van der Waals surface area contributed by atoms with Crippen molar-refractivity contribution >= 4 is 17.5 Å². The SMILES string of the molecule is O=C(Cc1ccc(N2CCCN(C(=O)[C@H](O)c3ccccc3)CC2)nc1)c1oc(-c2ccccc2)nc1C(F)(F)F. The van der Waals surface area contributed by atoms with Crippen molar-refractivity contribution in [2.24, 2.45) is 0 Å². The highest BCUT2D eigenvalue weighted by Gasteiger charge is 2.41. The summed E-state index contributed by atoms with van der Waals surface area (Å²) in [5.41, 5.74) is -0.0705. The molecule has 212 valence electrons. The standard InChI is InChI=1S/C30H27F3N4O4/c31-30(32,33)27-26(41-28(35-27)22-10-5-2-6-11-22)23(38)18-20-12-13-24(34-19-20)36-14-7-15-37(17-16-36)29(40)25(39)21-8-3-1-4-9-21/h1-6,8-13,19,25,39H,7,14-18H2/t25-/m1/s1. The summed E-state index contributed by atoms with van der Waals surface area (Å²) in [6.45, 7) is 1.97. The molecule has 1 aliphatic rings. The van der Waals surface area contributed by atoms with E-state index in [1.807, 2.05) is 11.0 Å². The molecule has 1 fully saturated rings. The van der Waals surface area contributed by atoms with Gasteiger partial charge >= 0.3 is 6.18 Å². The summed E-state index contributed by atoms with van der Waals surface area (Å²) in [4.78, 5) is 37.3. The Balaban J connectivity index is 1.24. The summed E-state index contributed by atoms with van der Waals surface area (Å²) in [7, 11) is 0. The minimum Gasteiger partial charge on any atom is -0.432 e. The molecule has 8 nitrogen and oxygen atoms in total. The second-order valence-corrected chi connectivity index (χ2v) is 9.66. The predicted octanol–water partition coefficient (Wildman–Crippen LogP) is 4.95. The number of hydrogen-bond donors (Lipinski definition) is 1. The van der Waals surface area contributed by atoms with Crippen LogP contribution in [0, 0.1) is 0 Å². The van der Waals surface area contributed by atoms with Crippen LogP contribution < -0.4 is 4.90 Å². The van der Waals surface area contributed by atoms with Crippen molar-refractivity contribution in [2.75, 3.05) is 31.1 Å². The average molecular weight is 565 g/mol. The van der Waals surface area contributed by atoms with Gasteiger partial charge in [0.25, 0.3) is 5.91 Å². The number of oxazole rings is 1. The highest BCUT2D eigenvalue weighted by Crippen LogP contribution is 2.35. The molecule has 0 radical (unpaired) electrons. The molecule has 11 heteroatoms. The smallest absolute Gasteiger partial charge is 0.432 e. The number of rotatable bonds is 7. The molecule has 0 unspecified atom stereocenters. The number of benzene rings is 2. The lowest BCUT2D eigenvalue weighted by Gasteiger charge is -2.24. The summed E-state index contributed by atoms with van der Waals surface area (Å²) < 4.78 is 46.2. The monoisotopic (exact) mass is 564 g/mol. The summed E-state index contributed by atoms with van der Waals surface area (Å²) >= 11 is 0. The van der Waals surface area contributed by atoms with E-state index in [1.165, 1.54) is 6.20 Å². The van der Waals surface area contributed by atoms with E-state index in [4.69, 9.17) is 4.42 Å². The van der Waals surface area contributed by atoms with Gasteiger partial charge in [0.05, 0.1) is 0 Å². The van der Waals surface area contributed by atoms with Crippen LogP contribution in [0.3, 0.4) is 0 Å². The minimum absolute atomic E-state index is 0.278. The van der Waals surface area contributed by atoms with Gasteiger partial charge in [-0.15, -0.1) is 0 Å². The molecule has 1 N–H and O–H groups in total. The second-order valence-electron chi connectivity index (χ2n) is 9.66. The molecular formula is C30H27F3N4O4. The minimum atomic E-state index is -4.86. The number of halogens is 3. The number of hydrogen-bond acceptors (Lipinski definition) is 7. The van der Waals surface area contributed by atoms with Crippen molar-refractivity contribution in [2.45, 2.75) is 25.1 Å². The largest absolute Gasteiger partial charge is 0.437 e. The maximum atomic E-state index is 13.6. The molecule has 1 atom stereocenters. The lowest BCUT2D eigenvalue weighted by molar-refractivity contribution is -0.141. The quantitative estimate of drug-likeness (QED) is 0.317. The summed E-state index contributed by atoms with van der Waals surface area (Å²) in [6, 6.07) is 20.2. The molecule has 1 aliphatic heterocycles. The number of carbonyl (C=O) groups excluding carboxylic acids is 2. The number of Topliss-reactive ketones (excluding diaryl/α,β-unsaturated/α-hetero) is 1. The zero-order valence-electron chi connectivity index (χ0n) is 21.9. The fourth-order valence-electron chi connectivity index (χ4n) is 4.70. The van der Waals surface area contributed by atoms with Gasteiger partial charge in [0.1, 0.15) is 5.82 Å². The lowest BCUT2D eigenvalue weighted by atomic mass is 10.1. The van der Waals surface area contributed by atoms with Crippen LogP contribution in [0.15, 0.2) is 83.4 Å². The van der Waals surface area contributed by atoms with Crippen LogP contribution in [0.1, 0.15) is 39.9 Å². The Labute approximate surface area is 234 Å². The molecule has 0 saturated carbocycles. The number of aliphatic hydroxyl groups is 1. The highest BCUT2D eigenvalue weighted by molar-refractivity contribution is 5.96. The molecule has 1 amide bonds. The Morgan fingerprint density at radius 2 is 1.63 bits per heavy atom.